The summed E-state index contributed by atoms with van der Waals surface area (Å²) in [5, 5.41) is 7.52. The van der Waals surface area contributed by atoms with Gasteiger partial charge in [-0.25, -0.2) is 0 Å². The molecule has 0 aliphatic rings. The molecule has 3 rings (SSSR count). The first-order valence-electron chi connectivity index (χ1n) is 7.91. The number of aromatic nitrogens is 4. The van der Waals surface area contributed by atoms with Crippen molar-refractivity contribution >= 4 is 17.1 Å². The number of thiophene rings is 1. The van der Waals surface area contributed by atoms with Gasteiger partial charge in [0.15, 0.2) is 5.78 Å². The Balaban J connectivity index is 1.64. The molecule has 0 aliphatic carbocycles. The lowest BCUT2D eigenvalue weighted by molar-refractivity contribution is -0.159. The van der Waals surface area contributed by atoms with E-state index in [1.165, 1.54) is 17.5 Å². The van der Waals surface area contributed by atoms with E-state index in [4.69, 9.17) is 4.74 Å². The fraction of sp³-hybridized carbons (Fsp3) is 0.375. The molecule has 0 spiro atoms. The summed E-state index contributed by atoms with van der Waals surface area (Å²) >= 11 is 1.22. The molecule has 144 valence electrons. The van der Waals surface area contributed by atoms with Gasteiger partial charge in [-0.3, -0.25) is 9.48 Å². The summed E-state index contributed by atoms with van der Waals surface area (Å²) in [5.41, 5.74) is 0.510. The smallest absolute Gasteiger partial charge is 0.385 e. The predicted molar refractivity (Wildman–Crippen MR) is 89.4 cm³/mol. The first kappa shape index (κ1) is 19.2. The molecular weight excluding hydrogens is 385 g/mol. The lowest BCUT2D eigenvalue weighted by Crippen LogP contribution is -2.04. The van der Waals surface area contributed by atoms with E-state index >= 15 is 0 Å². The Kier molecular flexibility index (Phi) is 5.71. The summed E-state index contributed by atoms with van der Waals surface area (Å²) < 4.78 is 48.4. The molecule has 0 saturated carbocycles. The molecule has 0 N–H and O–H groups in total. The lowest BCUT2D eigenvalue weighted by atomic mass is 10.1. The largest absolute Gasteiger partial charge is 0.471 e. The summed E-state index contributed by atoms with van der Waals surface area (Å²) in [5.74, 6) is -1.51. The van der Waals surface area contributed by atoms with Gasteiger partial charge in [-0.2, -0.15) is 23.3 Å². The minimum atomic E-state index is -4.67. The van der Waals surface area contributed by atoms with Crippen LogP contribution in [-0.4, -0.2) is 39.4 Å². The van der Waals surface area contributed by atoms with Crippen LogP contribution < -0.4 is 0 Å². The van der Waals surface area contributed by atoms with E-state index in [9.17, 15) is 18.0 Å². The number of hydrogen-bond acceptors (Lipinski definition) is 7. The highest BCUT2D eigenvalue weighted by atomic mass is 32.1. The van der Waals surface area contributed by atoms with Crippen molar-refractivity contribution in [1.29, 1.82) is 0 Å². The van der Waals surface area contributed by atoms with E-state index in [-0.39, 0.29) is 11.6 Å². The number of nitrogens with zero attached hydrogens (tertiary/aromatic N) is 4. The van der Waals surface area contributed by atoms with Crippen LogP contribution in [0.5, 0.6) is 0 Å². The number of ketones is 1. The van der Waals surface area contributed by atoms with Crippen LogP contribution in [0.15, 0.2) is 29.0 Å². The first-order chi connectivity index (χ1) is 12.9. The number of carbonyl (C=O) groups is 1. The number of halogens is 3. The van der Waals surface area contributed by atoms with Crippen molar-refractivity contribution in [2.75, 3.05) is 13.7 Å². The Morgan fingerprint density at radius 3 is 2.89 bits per heavy atom. The van der Waals surface area contributed by atoms with Gasteiger partial charge in [0, 0.05) is 31.2 Å². The summed E-state index contributed by atoms with van der Waals surface area (Å²) in [4.78, 5) is 16.7. The second-order valence-electron chi connectivity index (χ2n) is 5.63. The molecular formula is C16H15F3N4O3S. The number of hydrogen-bond donors (Lipinski definition) is 0. The highest BCUT2D eigenvalue weighted by molar-refractivity contribution is 7.15. The Morgan fingerprint density at radius 2 is 2.19 bits per heavy atom. The molecule has 0 unspecified atom stereocenters. The van der Waals surface area contributed by atoms with Gasteiger partial charge >= 0.3 is 12.1 Å². The van der Waals surface area contributed by atoms with Gasteiger partial charge in [-0.05, 0) is 18.6 Å². The molecule has 0 bridgehead atoms. The van der Waals surface area contributed by atoms with Crippen molar-refractivity contribution in [3.63, 3.8) is 0 Å². The van der Waals surface area contributed by atoms with E-state index < -0.39 is 12.1 Å². The number of carbonyl (C=O) groups excluding carboxylic acids is 1. The Hall–Kier alpha value is -2.53. The van der Waals surface area contributed by atoms with E-state index in [0.29, 0.717) is 36.4 Å². The number of Topliss-reactive ketones (excluding diaryl/α,β-unsaturated/α-hetero) is 1. The van der Waals surface area contributed by atoms with Crippen molar-refractivity contribution in [1.82, 2.24) is 19.9 Å². The van der Waals surface area contributed by atoms with Gasteiger partial charge in [0.25, 0.3) is 0 Å². The molecule has 0 fully saturated rings. The topological polar surface area (TPSA) is 83.0 Å². The second kappa shape index (κ2) is 8.01. The van der Waals surface area contributed by atoms with E-state index in [2.05, 4.69) is 19.8 Å². The monoisotopic (exact) mass is 400 g/mol. The summed E-state index contributed by atoms with van der Waals surface area (Å²) in [6.07, 6.45) is -0.517. The summed E-state index contributed by atoms with van der Waals surface area (Å²) in [6, 6.07) is 3.36. The predicted octanol–water partition coefficient (Wildman–Crippen LogP) is 3.67. The third-order valence-corrected chi connectivity index (χ3v) is 4.64. The minimum Gasteiger partial charge on any atom is -0.385 e. The Bertz CT molecular complexity index is 916. The zero-order chi connectivity index (χ0) is 19.4. The van der Waals surface area contributed by atoms with Gasteiger partial charge in [0.05, 0.1) is 23.2 Å². The van der Waals surface area contributed by atoms with Crippen LogP contribution in [0.1, 0.15) is 34.0 Å². The lowest BCUT2D eigenvalue weighted by Gasteiger charge is -1.98. The highest BCUT2D eigenvalue weighted by Crippen LogP contribution is 2.31. The zero-order valence-corrected chi connectivity index (χ0v) is 15.0. The van der Waals surface area contributed by atoms with Crippen LogP contribution in [0, 0.1) is 0 Å². The van der Waals surface area contributed by atoms with E-state index in [0.717, 1.165) is 4.88 Å². The average molecular weight is 400 g/mol. The summed E-state index contributed by atoms with van der Waals surface area (Å²) in [7, 11) is 1.58. The third kappa shape index (κ3) is 4.80. The van der Waals surface area contributed by atoms with Crippen molar-refractivity contribution in [2.24, 2.45) is 0 Å². The normalized spacial score (nSPS) is 11.9. The van der Waals surface area contributed by atoms with Gasteiger partial charge < -0.3 is 9.26 Å². The van der Waals surface area contributed by atoms with Crippen LogP contribution in [0.3, 0.4) is 0 Å². The number of methoxy groups -OCH3 is 1. The Morgan fingerprint density at radius 1 is 1.37 bits per heavy atom. The number of alkyl halides is 3. The number of ether oxygens (including phenoxy) is 1. The fourth-order valence-corrected chi connectivity index (χ4v) is 3.22. The standard InChI is InChI=1S/C16H15F3N4O3S/c1-25-6-2-3-12(24)10-7-20-23(8-10)9-11-4-5-13(27-11)14-21-15(26-22-14)16(17,18)19/h4-5,7-8H,2-3,6,9H2,1H3. The van der Waals surface area contributed by atoms with Crippen LogP contribution >= 0.6 is 11.3 Å². The average Bonchev–Trinajstić information content (AvgIpc) is 3.35. The van der Waals surface area contributed by atoms with Crippen LogP contribution in [-0.2, 0) is 17.5 Å². The molecule has 7 nitrogen and oxygen atoms in total. The van der Waals surface area contributed by atoms with Gasteiger partial charge in [0.2, 0.25) is 5.82 Å². The fourth-order valence-electron chi connectivity index (χ4n) is 2.30. The van der Waals surface area contributed by atoms with Crippen LogP contribution in [0.4, 0.5) is 13.2 Å². The quantitative estimate of drug-likeness (QED) is 0.424. The second-order valence-corrected chi connectivity index (χ2v) is 6.80. The third-order valence-electron chi connectivity index (χ3n) is 3.58. The maximum atomic E-state index is 12.5. The SMILES string of the molecule is COCCCC(=O)c1cnn(Cc2ccc(-c3noc(C(F)(F)F)n3)s2)c1. The molecule has 0 aliphatic heterocycles. The molecule has 0 amide bonds. The van der Waals surface area contributed by atoms with Crippen molar-refractivity contribution in [3.8, 4) is 10.7 Å². The molecule has 3 aromatic heterocycles. The van der Waals surface area contributed by atoms with E-state index in [1.807, 2.05) is 0 Å². The summed E-state index contributed by atoms with van der Waals surface area (Å²) in [6.45, 7) is 0.893. The molecule has 0 radical (unpaired) electrons. The highest BCUT2D eigenvalue weighted by Gasteiger charge is 2.38. The van der Waals surface area contributed by atoms with Gasteiger partial charge in [-0.1, -0.05) is 5.16 Å². The molecule has 11 heteroatoms. The van der Waals surface area contributed by atoms with Crippen molar-refractivity contribution in [3.05, 3.63) is 40.9 Å². The molecule has 27 heavy (non-hydrogen) atoms. The van der Waals surface area contributed by atoms with Crippen LogP contribution in [0.2, 0.25) is 0 Å². The molecule has 0 saturated heterocycles. The molecule has 0 atom stereocenters. The van der Waals surface area contributed by atoms with Crippen molar-refractivity contribution in [2.45, 2.75) is 25.6 Å². The van der Waals surface area contributed by atoms with Gasteiger partial charge in [0.1, 0.15) is 0 Å². The van der Waals surface area contributed by atoms with E-state index in [1.54, 1.807) is 30.1 Å². The zero-order valence-electron chi connectivity index (χ0n) is 14.2. The first-order valence-corrected chi connectivity index (χ1v) is 8.73. The molecule has 0 aromatic carbocycles. The van der Waals surface area contributed by atoms with Gasteiger partial charge in [-0.15, -0.1) is 11.3 Å². The maximum absolute atomic E-state index is 12.5. The van der Waals surface area contributed by atoms with Crippen molar-refractivity contribution < 1.29 is 27.2 Å². The molecule has 3 heterocycles. The maximum Gasteiger partial charge on any atom is 0.471 e. The Labute approximate surface area is 155 Å². The molecule has 3 aromatic rings. The van der Waals surface area contributed by atoms with Crippen LogP contribution in [0.25, 0.3) is 10.7 Å². The minimum absolute atomic E-state index is 0.0170. The number of rotatable bonds is 8.